The standard InChI is InChI=1S/C18H14N8O3S/c1-10-5-6-11-13(8-10)30-18(22-11)23-15-14(26(28)29)16(21-9-20-15)24-25-17(27)12-4-2-3-7-19-12/h2-9H,1H3,(H,25,27)(H2,20,21,22,23,24). The van der Waals surface area contributed by atoms with Crippen LogP contribution in [0, 0.1) is 17.0 Å². The Kier molecular flexibility index (Phi) is 5.13. The van der Waals surface area contributed by atoms with Crippen LogP contribution in [0.4, 0.5) is 22.5 Å². The van der Waals surface area contributed by atoms with Gasteiger partial charge in [0.15, 0.2) is 5.13 Å². The van der Waals surface area contributed by atoms with E-state index < -0.39 is 16.5 Å². The predicted molar refractivity (Wildman–Crippen MR) is 112 cm³/mol. The fourth-order valence-electron chi connectivity index (χ4n) is 2.60. The maximum absolute atomic E-state index is 12.1. The molecule has 0 unspecified atom stereocenters. The predicted octanol–water partition coefficient (Wildman–Crippen LogP) is 3.20. The summed E-state index contributed by atoms with van der Waals surface area (Å²) in [6.45, 7) is 1.97. The second-order valence-corrected chi connectivity index (χ2v) is 7.12. The molecule has 0 saturated heterocycles. The Bertz CT molecular complexity index is 1240. The topological polar surface area (TPSA) is 148 Å². The Morgan fingerprint density at radius 2 is 1.97 bits per heavy atom. The first-order chi connectivity index (χ1) is 14.5. The summed E-state index contributed by atoms with van der Waals surface area (Å²) in [5.74, 6) is -0.807. The lowest BCUT2D eigenvalue weighted by Crippen LogP contribution is -2.31. The molecule has 3 N–H and O–H groups in total. The lowest BCUT2D eigenvalue weighted by atomic mass is 10.2. The zero-order valence-electron chi connectivity index (χ0n) is 15.5. The van der Waals surface area contributed by atoms with Gasteiger partial charge in [0.05, 0.1) is 15.1 Å². The number of rotatable bonds is 6. The van der Waals surface area contributed by atoms with Crippen molar-refractivity contribution in [1.29, 1.82) is 0 Å². The van der Waals surface area contributed by atoms with E-state index in [4.69, 9.17) is 0 Å². The zero-order valence-corrected chi connectivity index (χ0v) is 16.3. The molecule has 150 valence electrons. The van der Waals surface area contributed by atoms with Gasteiger partial charge < -0.3 is 5.32 Å². The number of aryl methyl sites for hydroxylation is 1. The first-order valence-electron chi connectivity index (χ1n) is 8.62. The molecule has 4 rings (SSSR count). The molecule has 0 radical (unpaired) electrons. The summed E-state index contributed by atoms with van der Waals surface area (Å²) < 4.78 is 0.940. The van der Waals surface area contributed by atoms with Crippen LogP contribution in [-0.4, -0.2) is 30.8 Å². The molecule has 0 fully saturated rings. The number of aromatic nitrogens is 4. The van der Waals surface area contributed by atoms with Gasteiger partial charge in [0, 0.05) is 6.20 Å². The van der Waals surface area contributed by atoms with E-state index in [0.29, 0.717) is 5.13 Å². The van der Waals surface area contributed by atoms with Crippen molar-refractivity contribution in [3.63, 3.8) is 0 Å². The molecule has 0 bridgehead atoms. The highest BCUT2D eigenvalue weighted by Gasteiger charge is 2.24. The van der Waals surface area contributed by atoms with Gasteiger partial charge in [-0.05, 0) is 36.8 Å². The Hall–Kier alpha value is -4.19. The van der Waals surface area contributed by atoms with Crippen molar-refractivity contribution in [2.24, 2.45) is 0 Å². The van der Waals surface area contributed by atoms with Crippen LogP contribution in [0.5, 0.6) is 0 Å². The molecule has 12 heteroatoms. The van der Waals surface area contributed by atoms with Crippen molar-refractivity contribution < 1.29 is 9.72 Å². The molecule has 0 aliphatic rings. The number of nitro groups is 1. The summed E-state index contributed by atoms with van der Waals surface area (Å²) in [7, 11) is 0. The molecule has 3 aromatic heterocycles. The SMILES string of the molecule is Cc1ccc2nc(Nc3ncnc(NNC(=O)c4ccccn4)c3[N+](=O)[O-])sc2c1. The maximum Gasteiger partial charge on any atom is 0.355 e. The van der Waals surface area contributed by atoms with Crippen LogP contribution in [0.15, 0.2) is 48.9 Å². The molecule has 0 spiro atoms. The number of hydrogen-bond acceptors (Lipinski definition) is 10. The van der Waals surface area contributed by atoms with Gasteiger partial charge in [0.2, 0.25) is 11.6 Å². The first-order valence-corrected chi connectivity index (χ1v) is 9.44. The van der Waals surface area contributed by atoms with Crippen molar-refractivity contribution in [3.05, 3.63) is 70.3 Å². The van der Waals surface area contributed by atoms with Gasteiger partial charge >= 0.3 is 5.69 Å². The molecule has 4 aromatic rings. The van der Waals surface area contributed by atoms with Crippen LogP contribution in [0.25, 0.3) is 10.2 Å². The van der Waals surface area contributed by atoms with Gasteiger partial charge in [-0.1, -0.05) is 23.5 Å². The number of hydrogen-bond donors (Lipinski definition) is 3. The number of pyridine rings is 1. The number of hydrazine groups is 1. The summed E-state index contributed by atoms with van der Waals surface area (Å²) in [6.07, 6.45) is 2.60. The van der Waals surface area contributed by atoms with E-state index >= 15 is 0 Å². The zero-order chi connectivity index (χ0) is 21.1. The lowest BCUT2D eigenvalue weighted by molar-refractivity contribution is -0.383. The second kappa shape index (κ2) is 8.05. The minimum absolute atomic E-state index is 0.0552. The number of amides is 1. The van der Waals surface area contributed by atoms with E-state index in [1.165, 1.54) is 23.6 Å². The number of nitrogens with one attached hydrogen (secondary N) is 3. The van der Waals surface area contributed by atoms with Crippen molar-refractivity contribution in [3.8, 4) is 0 Å². The number of carbonyl (C=O) groups is 1. The van der Waals surface area contributed by atoms with E-state index in [9.17, 15) is 14.9 Å². The first kappa shape index (κ1) is 19.1. The number of fused-ring (bicyclic) bond motifs is 1. The monoisotopic (exact) mass is 422 g/mol. The Morgan fingerprint density at radius 1 is 1.13 bits per heavy atom. The summed E-state index contributed by atoms with van der Waals surface area (Å²) in [5.41, 5.74) is 6.37. The normalized spacial score (nSPS) is 10.6. The molecule has 1 aromatic carbocycles. The van der Waals surface area contributed by atoms with Crippen molar-refractivity contribution >= 4 is 49.9 Å². The summed E-state index contributed by atoms with van der Waals surface area (Å²) in [6, 6.07) is 10.6. The highest BCUT2D eigenvalue weighted by Crippen LogP contribution is 2.34. The molecule has 3 heterocycles. The quantitative estimate of drug-likeness (QED) is 0.314. The molecule has 0 saturated carbocycles. The van der Waals surface area contributed by atoms with Crippen molar-refractivity contribution in [1.82, 2.24) is 25.4 Å². The highest BCUT2D eigenvalue weighted by molar-refractivity contribution is 7.22. The summed E-state index contributed by atoms with van der Waals surface area (Å²) in [5, 5.41) is 15.0. The van der Waals surface area contributed by atoms with E-state index in [1.807, 2.05) is 25.1 Å². The van der Waals surface area contributed by atoms with E-state index in [2.05, 4.69) is 36.1 Å². The van der Waals surface area contributed by atoms with Crippen LogP contribution in [0.3, 0.4) is 0 Å². The van der Waals surface area contributed by atoms with Crippen LogP contribution < -0.4 is 16.2 Å². The number of nitrogens with zero attached hydrogens (tertiary/aromatic N) is 5. The summed E-state index contributed by atoms with van der Waals surface area (Å²) >= 11 is 1.34. The summed E-state index contributed by atoms with van der Waals surface area (Å²) in [4.78, 5) is 39.3. The smallest absolute Gasteiger partial charge is 0.310 e. The lowest BCUT2D eigenvalue weighted by Gasteiger charge is -2.09. The minimum Gasteiger partial charge on any atom is -0.310 e. The Labute approximate surface area is 173 Å². The third-order valence-corrected chi connectivity index (χ3v) is 4.90. The molecular formula is C18H14N8O3S. The average molecular weight is 422 g/mol. The van der Waals surface area contributed by atoms with Crippen LogP contribution >= 0.6 is 11.3 Å². The van der Waals surface area contributed by atoms with Gasteiger partial charge in [-0.3, -0.25) is 30.7 Å². The van der Waals surface area contributed by atoms with E-state index in [-0.39, 0.29) is 17.3 Å². The number of thiazole rings is 1. The van der Waals surface area contributed by atoms with E-state index in [0.717, 1.165) is 22.1 Å². The van der Waals surface area contributed by atoms with Crippen LogP contribution in [0.2, 0.25) is 0 Å². The van der Waals surface area contributed by atoms with Crippen LogP contribution in [-0.2, 0) is 0 Å². The highest BCUT2D eigenvalue weighted by atomic mass is 32.1. The third-order valence-electron chi connectivity index (χ3n) is 3.97. The van der Waals surface area contributed by atoms with Gasteiger partial charge in [-0.15, -0.1) is 0 Å². The Morgan fingerprint density at radius 3 is 2.73 bits per heavy atom. The van der Waals surface area contributed by atoms with Gasteiger partial charge in [0.25, 0.3) is 5.91 Å². The molecule has 1 amide bonds. The van der Waals surface area contributed by atoms with Crippen molar-refractivity contribution in [2.45, 2.75) is 6.92 Å². The number of carbonyl (C=O) groups excluding carboxylic acids is 1. The molecule has 0 atom stereocenters. The van der Waals surface area contributed by atoms with Gasteiger partial charge in [-0.25, -0.2) is 15.0 Å². The fraction of sp³-hybridized carbons (Fsp3) is 0.0556. The van der Waals surface area contributed by atoms with Gasteiger partial charge in [0.1, 0.15) is 12.0 Å². The van der Waals surface area contributed by atoms with Crippen LogP contribution in [0.1, 0.15) is 16.1 Å². The third kappa shape index (κ3) is 3.98. The molecule has 0 aliphatic carbocycles. The average Bonchev–Trinajstić information content (AvgIpc) is 3.13. The van der Waals surface area contributed by atoms with E-state index in [1.54, 1.807) is 12.1 Å². The number of anilines is 3. The maximum atomic E-state index is 12.1. The fourth-order valence-corrected chi connectivity index (χ4v) is 3.56. The minimum atomic E-state index is -0.644. The largest absolute Gasteiger partial charge is 0.355 e. The van der Waals surface area contributed by atoms with Gasteiger partial charge in [-0.2, -0.15) is 0 Å². The molecular weight excluding hydrogens is 408 g/mol. The van der Waals surface area contributed by atoms with Crippen molar-refractivity contribution in [2.75, 3.05) is 10.7 Å². The second-order valence-electron chi connectivity index (χ2n) is 6.09. The molecule has 0 aliphatic heterocycles. The number of benzene rings is 1. The molecule has 30 heavy (non-hydrogen) atoms. The molecule has 11 nitrogen and oxygen atoms in total. The Balaban J connectivity index is 1.59.